The SMILES string of the molecule is [2H]c1c([2H])c(-n2c3ccccc3c3cc4ccc5cccc6ccc(c4c56)c32)c([2H])c2c1B1c3sc4cc(C(C)(C)C)ccc4c3N(c3c(-c4ccccc4)cc(C(C)(C)C)cc3-c3ccccc3)c3cc(C(C)C)cc(c31)N2c1c(-c2ccccc2)cc(C(C)(C)C)cc1-c1ccccc1. The molecule has 0 amide bonds. The maximum atomic E-state index is 11.9. The summed E-state index contributed by atoms with van der Waals surface area (Å²) in [5.41, 5.74) is 22.1. The molecule has 0 aliphatic carbocycles. The molecule has 5 heteroatoms. The third-order valence-corrected chi connectivity index (χ3v) is 22.4. The summed E-state index contributed by atoms with van der Waals surface area (Å²) in [5.74, 6) is 0.0356. The number of nitrogens with zero attached hydrogens (tertiary/aromatic N) is 3. The molecule has 0 bridgehead atoms. The maximum absolute atomic E-state index is 11.9. The summed E-state index contributed by atoms with van der Waals surface area (Å²) in [6, 6.07) is 92.0. The Labute approximate surface area is 584 Å². The van der Waals surface area contributed by atoms with Crippen LogP contribution in [0.3, 0.4) is 0 Å². The van der Waals surface area contributed by atoms with Gasteiger partial charge in [0.25, 0.3) is 6.71 Å². The first-order chi connectivity index (χ1) is 48.6. The van der Waals surface area contributed by atoms with Gasteiger partial charge in [-0.15, -0.1) is 11.3 Å². The van der Waals surface area contributed by atoms with Crippen LogP contribution in [-0.4, -0.2) is 11.3 Å². The molecule has 0 spiro atoms. The Morgan fingerprint density at radius 2 is 0.888 bits per heavy atom. The largest absolute Gasteiger partial charge is 0.310 e. The van der Waals surface area contributed by atoms with Gasteiger partial charge in [-0.2, -0.15) is 0 Å². The third kappa shape index (κ3) is 9.29. The molecule has 2 aliphatic heterocycles. The van der Waals surface area contributed by atoms with Crippen LogP contribution in [-0.2, 0) is 16.2 Å². The summed E-state index contributed by atoms with van der Waals surface area (Å²) in [6.07, 6.45) is 0. The van der Waals surface area contributed by atoms with Crippen molar-refractivity contribution >= 4 is 132 Å². The van der Waals surface area contributed by atoms with E-state index in [1.54, 1.807) is 0 Å². The fraction of sp³-hybridized carbons (Fsp3) is 0.161. The molecule has 2 aliphatic rings. The van der Waals surface area contributed by atoms with Gasteiger partial charge in [0.15, 0.2) is 0 Å². The minimum atomic E-state index is -0.608. The molecule has 14 aromatic carbocycles. The predicted molar refractivity (Wildman–Crippen MR) is 426 cm³/mol. The van der Waals surface area contributed by atoms with Gasteiger partial charge in [-0.25, -0.2) is 0 Å². The number of aromatic nitrogens is 1. The lowest BCUT2D eigenvalue weighted by Gasteiger charge is -2.45. The van der Waals surface area contributed by atoms with E-state index in [-0.39, 0.29) is 40.3 Å². The summed E-state index contributed by atoms with van der Waals surface area (Å²) in [5, 5.41) is 10.0. The first-order valence-electron chi connectivity index (χ1n) is 36.3. The molecule has 0 atom stereocenters. The van der Waals surface area contributed by atoms with Crippen LogP contribution < -0.4 is 25.5 Å². The second-order valence-corrected chi connectivity index (χ2v) is 31.9. The third-order valence-electron chi connectivity index (χ3n) is 21.2. The number of hydrogen-bond acceptors (Lipinski definition) is 3. The molecule has 2 aromatic heterocycles. The molecule has 0 saturated carbocycles. The summed E-state index contributed by atoms with van der Waals surface area (Å²) >= 11 is 1.81. The Morgan fingerprint density at radius 3 is 1.43 bits per heavy atom. The van der Waals surface area contributed by atoms with Crippen molar-refractivity contribution in [2.75, 3.05) is 9.80 Å². The Morgan fingerprint density at radius 1 is 0.398 bits per heavy atom. The lowest BCUT2D eigenvalue weighted by atomic mass is 9.36. The molecule has 474 valence electrons. The van der Waals surface area contributed by atoms with Crippen molar-refractivity contribution in [3.63, 3.8) is 0 Å². The molecule has 0 unspecified atom stereocenters. The van der Waals surface area contributed by atoms with Crippen LogP contribution in [0.4, 0.5) is 34.1 Å². The lowest BCUT2D eigenvalue weighted by molar-refractivity contribution is 0.590. The van der Waals surface area contributed by atoms with Crippen LogP contribution in [0.5, 0.6) is 0 Å². The van der Waals surface area contributed by atoms with E-state index in [0.29, 0.717) is 16.8 Å². The van der Waals surface area contributed by atoms with Crippen molar-refractivity contribution in [2.45, 2.75) is 98.3 Å². The average molecular weight is 1280 g/mol. The minimum Gasteiger partial charge on any atom is -0.310 e. The van der Waals surface area contributed by atoms with Crippen molar-refractivity contribution < 1.29 is 4.11 Å². The van der Waals surface area contributed by atoms with E-state index in [9.17, 15) is 4.11 Å². The van der Waals surface area contributed by atoms with E-state index < -0.39 is 6.71 Å². The Kier molecular flexibility index (Phi) is 12.7. The van der Waals surface area contributed by atoms with Crippen molar-refractivity contribution in [1.82, 2.24) is 4.57 Å². The molecular weight excluding hydrogens is 1200 g/mol. The van der Waals surface area contributed by atoms with Gasteiger partial charge >= 0.3 is 0 Å². The summed E-state index contributed by atoms with van der Waals surface area (Å²) in [6.45, 7) is 24.8. The van der Waals surface area contributed by atoms with Gasteiger partial charge in [0.2, 0.25) is 0 Å². The van der Waals surface area contributed by atoms with Gasteiger partial charge in [-0.05, 0) is 171 Å². The molecule has 3 nitrogen and oxygen atoms in total. The normalized spacial score (nSPS) is 13.7. The average Bonchev–Trinajstić information content (AvgIpc) is 1.68. The topological polar surface area (TPSA) is 11.4 Å². The number of hydrogen-bond donors (Lipinski definition) is 0. The zero-order chi connectivity index (χ0) is 69.4. The zero-order valence-electron chi connectivity index (χ0n) is 60.6. The van der Waals surface area contributed by atoms with Crippen LogP contribution >= 0.6 is 11.3 Å². The van der Waals surface area contributed by atoms with Crippen LogP contribution in [0, 0.1) is 0 Å². The zero-order valence-corrected chi connectivity index (χ0v) is 58.4. The lowest BCUT2D eigenvalue weighted by Crippen LogP contribution is -2.60. The van der Waals surface area contributed by atoms with Crippen LogP contribution in [0.25, 0.3) is 114 Å². The van der Waals surface area contributed by atoms with Crippen molar-refractivity contribution in [1.29, 1.82) is 0 Å². The van der Waals surface area contributed by atoms with E-state index in [1.807, 2.05) is 11.3 Å². The van der Waals surface area contributed by atoms with Crippen LogP contribution in [0.1, 0.15) is 108 Å². The highest BCUT2D eigenvalue weighted by Crippen LogP contribution is 2.57. The number of anilines is 6. The van der Waals surface area contributed by atoms with Gasteiger partial charge in [0.1, 0.15) is 0 Å². The molecular formula is C93H78BN3S. The highest BCUT2D eigenvalue weighted by Gasteiger charge is 2.48. The van der Waals surface area contributed by atoms with Gasteiger partial charge in [0.05, 0.1) is 32.2 Å². The molecule has 0 fully saturated rings. The number of fused-ring (bicyclic) bond motifs is 10. The minimum absolute atomic E-state index is 0.0103. The summed E-state index contributed by atoms with van der Waals surface area (Å²) in [7, 11) is 0. The van der Waals surface area contributed by atoms with E-state index in [4.69, 9.17) is 0 Å². The van der Waals surface area contributed by atoms with E-state index >= 15 is 0 Å². The first-order valence-corrected chi connectivity index (χ1v) is 35.6. The fourth-order valence-corrected chi connectivity index (χ4v) is 17.5. The molecule has 98 heavy (non-hydrogen) atoms. The van der Waals surface area contributed by atoms with Crippen molar-refractivity contribution in [3.05, 3.63) is 289 Å². The second-order valence-electron chi connectivity index (χ2n) is 30.8. The van der Waals surface area contributed by atoms with Crippen molar-refractivity contribution in [2.24, 2.45) is 0 Å². The number of para-hydroxylation sites is 1. The Bertz CT molecular complexity index is 5950. The van der Waals surface area contributed by atoms with Crippen LogP contribution in [0.2, 0.25) is 0 Å². The quantitative estimate of drug-likeness (QED) is 0.111. The van der Waals surface area contributed by atoms with Gasteiger partial charge in [-0.3, -0.25) is 0 Å². The van der Waals surface area contributed by atoms with Gasteiger partial charge in [-0.1, -0.05) is 276 Å². The van der Waals surface area contributed by atoms with E-state index in [1.165, 1.54) is 32.8 Å². The van der Waals surface area contributed by atoms with E-state index in [0.717, 1.165) is 137 Å². The fourth-order valence-electron chi connectivity index (χ4n) is 16.1. The molecule has 18 rings (SSSR count). The first kappa shape index (κ1) is 56.7. The van der Waals surface area contributed by atoms with Crippen molar-refractivity contribution in [3.8, 4) is 50.2 Å². The highest BCUT2D eigenvalue weighted by molar-refractivity contribution is 7.33. The molecule has 0 N–H and O–H groups in total. The Hall–Kier alpha value is -10.5. The molecule has 4 heterocycles. The van der Waals surface area contributed by atoms with Gasteiger partial charge < -0.3 is 14.4 Å². The smallest absolute Gasteiger partial charge is 0.264 e. The highest BCUT2D eigenvalue weighted by atomic mass is 32.1. The van der Waals surface area contributed by atoms with Crippen LogP contribution in [0.15, 0.2) is 267 Å². The number of thiophene rings is 1. The van der Waals surface area contributed by atoms with E-state index in [2.05, 4.69) is 339 Å². The standard InChI is InChI=1S/C93H78BN3S/c1-56(2)64-48-80-85-81(49-64)97(88-74(59-31-20-14-21-32-59)52-67(93(9,10)11)53-75(88)60-33-22-15-23-34-60)89-70-45-42-65(91(3,4)5)54-82(70)98-90(89)94(85)77-46-43-68(95-78-38-25-24-37-69(78)76-47-63-40-39-61-35-26-36-62-41-44-71(86(76)95)84(63)83(61)62)55-79(77)96(80)87-72(57-27-16-12-17-28-57)50-66(92(6,7)8)51-73(87)58-29-18-13-19-30-58/h12-56H,1-11H3/i43D,46D,55D. The monoisotopic (exact) mass is 1280 g/mol. The predicted octanol–water partition coefficient (Wildman–Crippen LogP) is 24.7. The molecule has 0 saturated heterocycles. The molecule has 0 radical (unpaired) electrons. The van der Waals surface area contributed by atoms with Gasteiger partial charge in [0, 0.05) is 76.0 Å². The second kappa shape index (κ2) is 22.0. The Balaban J connectivity index is 1.07. The molecule has 16 aromatic rings. The maximum Gasteiger partial charge on any atom is 0.264 e. The number of rotatable bonds is 8. The summed E-state index contributed by atoms with van der Waals surface area (Å²) in [4.78, 5) is 5.08. The number of benzene rings is 14. The summed E-state index contributed by atoms with van der Waals surface area (Å²) < 4.78 is 39.0.